The van der Waals surface area contributed by atoms with E-state index in [1.165, 1.54) is 0 Å². The molecule has 0 unspecified atom stereocenters. The number of amides is 2. The first kappa shape index (κ1) is 15.7. The quantitative estimate of drug-likeness (QED) is 0.793. The standard InChI is InChI=1S/C17H18N3O2/c1-12-4-2-3-5-16(12)20-17(22)19-15-8-6-13(7-9-15)10-14(18)11-21/h2-9,14H,10,18H2,1H3,(H2,19,20,22)/t14-/m0/s1. The molecule has 2 aromatic carbocycles. The molecule has 2 rings (SSSR count). The third kappa shape index (κ3) is 4.43. The van der Waals surface area contributed by atoms with Crippen molar-refractivity contribution in [3.63, 3.8) is 0 Å². The summed E-state index contributed by atoms with van der Waals surface area (Å²) in [6, 6.07) is 13.8. The maximum atomic E-state index is 11.9. The third-order valence-electron chi connectivity index (χ3n) is 3.21. The third-order valence-corrected chi connectivity index (χ3v) is 3.21. The summed E-state index contributed by atoms with van der Waals surface area (Å²) in [4.78, 5) is 22.4. The van der Waals surface area contributed by atoms with Crippen molar-refractivity contribution in [2.24, 2.45) is 5.73 Å². The molecule has 1 radical (unpaired) electrons. The summed E-state index contributed by atoms with van der Waals surface area (Å²) in [7, 11) is 0. The van der Waals surface area contributed by atoms with Gasteiger partial charge in [-0.1, -0.05) is 30.3 Å². The molecule has 5 nitrogen and oxygen atoms in total. The van der Waals surface area contributed by atoms with E-state index < -0.39 is 6.04 Å². The second-order valence-corrected chi connectivity index (χ2v) is 5.02. The van der Waals surface area contributed by atoms with Gasteiger partial charge in [-0.05, 0) is 42.7 Å². The zero-order valence-corrected chi connectivity index (χ0v) is 12.3. The number of urea groups is 1. The van der Waals surface area contributed by atoms with Crippen LogP contribution in [-0.2, 0) is 11.2 Å². The van der Waals surface area contributed by atoms with Crippen LogP contribution in [0.5, 0.6) is 0 Å². The van der Waals surface area contributed by atoms with Crippen LogP contribution in [0.2, 0.25) is 0 Å². The molecule has 4 N–H and O–H groups in total. The molecular formula is C17H18N3O2. The van der Waals surface area contributed by atoms with Gasteiger partial charge < -0.3 is 16.4 Å². The molecular weight excluding hydrogens is 278 g/mol. The van der Waals surface area contributed by atoms with Crippen LogP contribution in [0.15, 0.2) is 48.5 Å². The molecule has 22 heavy (non-hydrogen) atoms. The molecule has 0 aliphatic heterocycles. The Morgan fingerprint density at radius 2 is 1.82 bits per heavy atom. The zero-order valence-electron chi connectivity index (χ0n) is 12.3. The number of hydrogen-bond acceptors (Lipinski definition) is 3. The van der Waals surface area contributed by atoms with E-state index in [2.05, 4.69) is 10.6 Å². The number of rotatable bonds is 5. The first-order valence-electron chi connectivity index (χ1n) is 6.94. The van der Waals surface area contributed by atoms with Crippen molar-refractivity contribution in [1.82, 2.24) is 0 Å². The van der Waals surface area contributed by atoms with Crippen molar-refractivity contribution < 1.29 is 9.59 Å². The Bertz CT molecular complexity index is 653. The number of hydrogen-bond donors (Lipinski definition) is 3. The van der Waals surface area contributed by atoms with Gasteiger partial charge in [-0.25, -0.2) is 4.79 Å². The molecule has 0 saturated heterocycles. The first-order chi connectivity index (χ1) is 10.6. The average molecular weight is 296 g/mol. The Labute approximate surface area is 129 Å². The molecule has 2 amide bonds. The number of anilines is 2. The predicted octanol–water partition coefficient (Wildman–Crippen LogP) is 2.62. The monoisotopic (exact) mass is 296 g/mol. The van der Waals surface area contributed by atoms with E-state index in [0.717, 1.165) is 16.8 Å². The molecule has 0 spiro atoms. The lowest BCUT2D eigenvalue weighted by molar-refractivity contribution is 0.262. The summed E-state index contributed by atoms with van der Waals surface area (Å²) in [5, 5.41) is 5.55. The lowest BCUT2D eigenvalue weighted by Crippen LogP contribution is -2.24. The van der Waals surface area contributed by atoms with E-state index in [9.17, 15) is 9.59 Å². The van der Waals surface area contributed by atoms with Gasteiger partial charge in [-0.3, -0.25) is 4.79 Å². The molecule has 0 aliphatic carbocycles. The number of carbonyl (C=O) groups is 1. The van der Waals surface area contributed by atoms with E-state index in [-0.39, 0.29) is 6.03 Å². The van der Waals surface area contributed by atoms with Gasteiger partial charge in [0.1, 0.15) is 0 Å². The summed E-state index contributed by atoms with van der Waals surface area (Å²) in [5.41, 5.74) is 8.86. The fourth-order valence-corrected chi connectivity index (χ4v) is 2.02. The topological polar surface area (TPSA) is 84.2 Å². The number of nitrogens with two attached hydrogens (primary N) is 1. The van der Waals surface area contributed by atoms with Crippen LogP contribution in [0.4, 0.5) is 16.2 Å². The summed E-state index contributed by atoms with van der Waals surface area (Å²) in [6.07, 6.45) is 2.17. The molecule has 2 aromatic rings. The number of carbonyl (C=O) groups excluding carboxylic acids is 2. The van der Waals surface area contributed by atoms with Crippen molar-refractivity contribution in [2.45, 2.75) is 19.4 Å². The molecule has 0 aliphatic rings. The van der Waals surface area contributed by atoms with Crippen LogP contribution < -0.4 is 16.4 Å². The minimum absolute atomic E-state index is 0.306. The van der Waals surface area contributed by atoms with Gasteiger partial charge in [-0.15, -0.1) is 0 Å². The summed E-state index contributed by atoms with van der Waals surface area (Å²) in [6.45, 7) is 1.93. The van der Waals surface area contributed by atoms with Crippen LogP contribution in [-0.4, -0.2) is 18.4 Å². The molecule has 0 fully saturated rings. The second kappa shape index (κ2) is 7.38. The zero-order chi connectivity index (χ0) is 15.9. The van der Waals surface area contributed by atoms with Crippen molar-refractivity contribution in [3.05, 3.63) is 59.7 Å². The van der Waals surface area contributed by atoms with Crippen LogP contribution >= 0.6 is 0 Å². The number of nitrogens with one attached hydrogen (secondary N) is 2. The summed E-state index contributed by atoms with van der Waals surface area (Å²) < 4.78 is 0. The smallest absolute Gasteiger partial charge is 0.321 e. The van der Waals surface area contributed by atoms with Crippen molar-refractivity contribution in [1.29, 1.82) is 0 Å². The highest BCUT2D eigenvalue weighted by atomic mass is 16.2. The molecule has 1 atom stereocenters. The van der Waals surface area contributed by atoms with Crippen molar-refractivity contribution >= 4 is 23.7 Å². The second-order valence-electron chi connectivity index (χ2n) is 5.02. The largest absolute Gasteiger partial charge is 0.323 e. The fraction of sp³-hybridized carbons (Fsp3) is 0.176. The number of para-hydroxylation sites is 1. The molecule has 0 saturated carbocycles. The van der Waals surface area contributed by atoms with Gasteiger partial charge in [0.15, 0.2) is 0 Å². The van der Waals surface area contributed by atoms with Gasteiger partial charge in [-0.2, -0.15) is 0 Å². The van der Waals surface area contributed by atoms with Gasteiger partial charge in [0.2, 0.25) is 6.29 Å². The molecule has 0 bridgehead atoms. The van der Waals surface area contributed by atoms with E-state index in [1.54, 1.807) is 18.4 Å². The molecule has 113 valence electrons. The lowest BCUT2D eigenvalue weighted by Gasteiger charge is -2.10. The van der Waals surface area contributed by atoms with Crippen LogP contribution in [0, 0.1) is 6.92 Å². The SMILES string of the molecule is Cc1ccccc1NC(=O)Nc1ccc(C[C@H](N)[C]=O)cc1. The molecule has 5 heteroatoms. The maximum Gasteiger partial charge on any atom is 0.323 e. The highest BCUT2D eigenvalue weighted by Crippen LogP contribution is 2.15. The molecule has 0 aromatic heterocycles. The normalized spacial score (nSPS) is 11.5. The van der Waals surface area contributed by atoms with E-state index in [1.807, 2.05) is 43.3 Å². The van der Waals surface area contributed by atoms with Gasteiger partial charge in [0.25, 0.3) is 0 Å². The number of benzene rings is 2. The Balaban J connectivity index is 1.94. The van der Waals surface area contributed by atoms with Gasteiger partial charge in [0, 0.05) is 11.4 Å². The van der Waals surface area contributed by atoms with Crippen LogP contribution in [0.1, 0.15) is 11.1 Å². The summed E-state index contributed by atoms with van der Waals surface area (Å²) >= 11 is 0. The van der Waals surface area contributed by atoms with Crippen LogP contribution in [0.3, 0.4) is 0 Å². The predicted molar refractivity (Wildman–Crippen MR) is 87.6 cm³/mol. The minimum atomic E-state index is -0.622. The number of aryl methyl sites for hydroxylation is 1. The Hall–Kier alpha value is -2.66. The average Bonchev–Trinajstić information content (AvgIpc) is 2.51. The van der Waals surface area contributed by atoms with Crippen LogP contribution in [0.25, 0.3) is 0 Å². The first-order valence-corrected chi connectivity index (χ1v) is 6.94. The highest BCUT2D eigenvalue weighted by Gasteiger charge is 2.06. The Kier molecular flexibility index (Phi) is 5.27. The van der Waals surface area contributed by atoms with Crippen molar-refractivity contribution in [2.75, 3.05) is 10.6 Å². The van der Waals surface area contributed by atoms with Gasteiger partial charge >= 0.3 is 6.03 Å². The Morgan fingerprint density at radius 3 is 2.45 bits per heavy atom. The Morgan fingerprint density at radius 1 is 1.14 bits per heavy atom. The maximum absolute atomic E-state index is 11.9. The lowest BCUT2D eigenvalue weighted by atomic mass is 10.1. The van der Waals surface area contributed by atoms with E-state index in [4.69, 9.17) is 5.73 Å². The van der Waals surface area contributed by atoms with Crippen molar-refractivity contribution in [3.8, 4) is 0 Å². The van der Waals surface area contributed by atoms with Gasteiger partial charge in [0.05, 0.1) is 6.04 Å². The van der Waals surface area contributed by atoms with E-state index >= 15 is 0 Å². The van der Waals surface area contributed by atoms with E-state index in [0.29, 0.717) is 12.1 Å². The minimum Gasteiger partial charge on any atom is -0.321 e. The highest BCUT2D eigenvalue weighted by molar-refractivity contribution is 6.00. The molecule has 0 heterocycles. The summed E-state index contributed by atoms with van der Waals surface area (Å²) in [5.74, 6) is 0. The fourth-order valence-electron chi connectivity index (χ4n) is 2.02.